The number of ether oxygens (including phenoxy) is 1. The number of rotatable bonds is 6. The van der Waals surface area contributed by atoms with E-state index in [1.807, 2.05) is 13.8 Å². The summed E-state index contributed by atoms with van der Waals surface area (Å²) in [5.41, 5.74) is 1.04. The number of aromatic nitrogens is 1. The van der Waals surface area contributed by atoms with Crippen LogP contribution in [0.15, 0.2) is 5.38 Å². The fourth-order valence-electron chi connectivity index (χ4n) is 2.46. The number of β-amino-alcohol motifs (C(OH)–C–C–N with tert-alkyl or cyclic N) is 1. The quantitative estimate of drug-likeness (QED) is 0.802. The van der Waals surface area contributed by atoms with Crippen molar-refractivity contribution in [2.45, 2.75) is 39.0 Å². The lowest BCUT2D eigenvalue weighted by atomic mass is 10.0. The second-order valence-corrected chi connectivity index (χ2v) is 6.32. The highest BCUT2D eigenvalue weighted by atomic mass is 32.1. The Morgan fingerprint density at radius 2 is 2.48 bits per heavy atom. The minimum Gasteiger partial charge on any atom is -0.390 e. The van der Waals surface area contributed by atoms with E-state index in [0.29, 0.717) is 13.2 Å². The first-order chi connectivity index (χ1) is 10.1. The van der Waals surface area contributed by atoms with Gasteiger partial charge in [-0.3, -0.25) is 9.69 Å². The van der Waals surface area contributed by atoms with Crippen LogP contribution >= 0.6 is 11.3 Å². The normalized spacial score (nSPS) is 23.2. The maximum atomic E-state index is 11.6. The molecular formula is C14H23N3O3S. The van der Waals surface area contributed by atoms with Crippen molar-refractivity contribution in [3.63, 3.8) is 0 Å². The standard InChI is InChI=1S/C14H23N3O3S/c1-3-20-8-14(19)16-12-4-5-17(7-13(12)18)6-11-9-21-10(2)15-11/h9,12-13,18H,3-8H2,1-2H3,(H,16,19). The fraction of sp³-hybridized carbons (Fsp3) is 0.714. The van der Waals surface area contributed by atoms with Crippen LogP contribution in [0.3, 0.4) is 0 Å². The molecule has 0 aliphatic carbocycles. The Labute approximate surface area is 129 Å². The van der Waals surface area contributed by atoms with Crippen LogP contribution in [0.5, 0.6) is 0 Å². The highest BCUT2D eigenvalue weighted by Crippen LogP contribution is 2.16. The van der Waals surface area contributed by atoms with Gasteiger partial charge in [-0.2, -0.15) is 0 Å². The monoisotopic (exact) mass is 313 g/mol. The van der Waals surface area contributed by atoms with Crippen LogP contribution in [0.4, 0.5) is 0 Å². The van der Waals surface area contributed by atoms with Gasteiger partial charge in [0.15, 0.2) is 0 Å². The van der Waals surface area contributed by atoms with Crippen molar-refractivity contribution in [2.24, 2.45) is 0 Å². The van der Waals surface area contributed by atoms with Gasteiger partial charge < -0.3 is 15.2 Å². The van der Waals surface area contributed by atoms with E-state index < -0.39 is 6.10 Å². The smallest absolute Gasteiger partial charge is 0.246 e. The average Bonchev–Trinajstić information content (AvgIpc) is 2.85. The van der Waals surface area contributed by atoms with Gasteiger partial charge in [0.25, 0.3) is 0 Å². The molecule has 0 aromatic carbocycles. The molecule has 1 fully saturated rings. The lowest BCUT2D eigenvalue weighted by Crippen LogP contribution is -2.54. The Morgan fingerprint density at radius 1 is 1.67 bits per heavy atom. The number of thiazole rings is 1. The van der Waals surface area contributed by atoms with E-state index in [4.69, 9.17) is 4.74 Å². The van der Waals surface area contributed by atoms with E-state index >= 15 is 0 Å². The first-order valence-electron chi connectivity index (χ1n) is 7.27. The van der Waals surface area contributed by atoms with Crippen molar-refractivity contribution in [1.29, 1.82) is 0 Å². The minimum atomic E-state index is -0.552. The molecule has 1 aromatic heterocycles. The summed E-state index contributed by atoms with van der Waals surface area (Å²) in [6, 6.07) is -0.189. The van der Waals surface area contributed by atoms with Gasteiger partial charge in [0.1, 0.15) is 6.61 Å². The second kappa shape index (κ2) is 7.84. The summed E-state index contributed by atoms with van der Waals surface area (Å²) in [6.07, 6.45) is 0.186. The Morgan fingerprint density at radius 3 is 3.10 bits per heavy atom. The second-order valence-electron chi connectivity index (χ2n) is 5.26. The largest absolute Gasteiger partial charge is 0.390 e. The Kier molecular flexibility index (Phi) is 6.10. The molecule has 1 amide bonds. The molecule has 2 heterocycles. The van der Waals surface area contributed by atoms with Gasteiger partial charge in [0.05, 0.1) is 22.8 Å². The summed E-state index contributed by atoms with van der Waals surface area (Å²) in [6.45, 7) is 6.55. The zero-order chi connectivity index (χ0) is 15.2. The first kappa shape index (κ1) is 16.4. The van der Waals surface area contributed by atoms with E-state index in [0.717, 1.165) is 30.2 Å². The SMILES string of the molecule is CCOCC(=O)NC1CCN(Cc2csc(C)n2)CC1O. The number of piperidine rings is 1. The van der Waals surface area contributed by atoms with Gasteiger partial charge in [-0.1, -0.05) is 0 Å². The number of likely N-dealkylation sites (tertiary alicyclic amines) is 1. The van der Waals surface area contributed by atoms with Crippen LogP contribution < -0.4 is 5.32 Å². The fourth-order valence-corrected chi connectivity index (χ4v) is 3.07. The molecule has 6 nitrogen and oxygen atoms in total. The molecule has 118 valence electrons. The van der Waals surface area contributed by atoms with Crippen molar-refractivity contribution >= 4 is 17.2 Å². The molecule has 2 unspecified atom stereocenters. The minimum absolute atomic E-state index is 0.0571. The number of carbonyl (C=O) groups excluding carboxylic acids is 1. The number of hydrogen-bond donors (Lipinski definition) is 2. The zero-order valence-electron chi connectivity index (χ0n) is 12.5. The van der Waals surface area contributed by atoms with Crippen molar-refractivity contribution in [1.82, 2.24) is 15.2 Å². The van der Waals surface area contributed by atoms with Gasteiger partial charge in [0, 0.05) is 31.6 Å². The lowest BCUT2D eigenvalue weighted by Gasteiger charge is -2.35. The third-order valence-corrected chi connectivity index (χ3v) is 4.32. The van der Waals surface area contributed by atoms with Crippen LogP contribution in [-0.2, 0) is 16.1 Å². The van der Waals surface area contributed by atoms with Gasteiger partial charge in [-0.15, -0.1) is 11.3 Å². The van der Waals surface area contributed by atoms with E-state index in [1.54, 1.807) is 11.3 Å². The summed E-state index contributed by atoms with van der Waals surface area (Å²) in [4.78, 5) is 18.2. The van der Waals surface area contributed by atoms with Crippen molar-refractivity contribution in [3.8, 4) is 0 Å². The molecule has 2 N–H and O–H groups in total. The highest BCUT2D eigenvalue weighted by Gasteiger charge is 2.29. The number of nitrogens with one attached hydrogen (secondary N) is 1. The van der Waals surface area contributed by atoms with Crippen LogP contribution in [0, 0.1) is 6.92 Å². The van der Waals surface area contributed by atoms with Crippen LogP contribution in [0.1, 0.15) is 24.0 Å². The molecule has 1 aromatic rings. The first-order valence-corrected chi connectivity index (χ1v) is 8.15. The highest BCUT2D eigenvalue weighted by molar-refractivity contribution is 7.09. The number of nitrogens with zero attached hydrogens (tertiary/aromatic N) is 2. The Balaban J connectivity index is 1.77. The molecule has 0 saturated carbocycles. The third kappa shape index (κ3) is 5.03. The van der Waals surface area contributed by atoms with Gasteiger partial charge in [-0.05, 0) is 20.3 Å². The van der Waals surface area contributed by atoms with Crippen LogP contribution in [0.2, 0.25) is 0 Å². The number of hydrogen-bond acceptors (Lipinski definition) is 6. The van der Waals surface area contributed by atoms with Crippen molar-refractivity contribution < 1.29 is 14.6 Å². The molecule has 1 aliphatic rings. The van der Waals surface area contributed by atoms with Crippen molar-refractivity contribution in [2.75, 3.05) is 26.3 Å². The zero-order valence-corrected chi connectivity index (χ0v) is 13.4. The molecule has 2 atom stereocenters. The summed E-state index contributed by atoms with van der Waals surface area (Å²) in [5.74, 6) is -0.163. The number of amides is 1. The van der Waals surface area contributed by atoms with Crippen molar-refractivity contribution in [3.05, 3.63) is 16.1 Å². The van der Waals surface area contributed by atoms with E-state index in [2.05, 4.69) is 20.6 Å². The summed E-state index contributed by atoms with van der Waals surface area (Å²) in [7, 11) is 0. The van der Waals surface area contributed by atoms with Gasteiger partial charge in [-0.25, -0.2) is 4.98 Å². The Hall–Kier alpha value is -1.02. The maximum Gasteiger partial charge on any atom is 0.246 e. The van der Waals surface area contributed by atoms with E-state index in [1.165, 1.54) is 0 Å². The van der Waals surface area contributed by atoms with E-state index in [-0.39, 0.29) is 18.6 Å². The number of aryl methyl sites for hydroxylation is 1. The molecule has 21 heavy (non-hydrogen) atoms. The molecule has 1 saturated heterocycles. The molecule has 0 radical (unpaired) electrons. The average molecular weight is 313 g/mol. The van der Waals surface area contributed by atoms with Gasteiger partial charge in [0.2, 0.25) is 5.91 Å². The summed E-state index contributed by atoms with van der Waals surface area (Å²) >= 11 is 1.64. The predicted octanol–water partition coefficient (Wildman–Crippen LogP) is 0.539. The molecule has 2 rings (SSSR count). The molecule has 1 aliphatic heterocycles. The molecular weight excluding hydrogens is 290 g/mol. The van der Waals surface area contributed by atoms with Gasteiger partial charge >= 0.3 is 0 Å². The van der Waals surface area contributed by atoms with E-state index in [9.17, 15) is 9.90 Å². The maximum absolute atomic E-state index is 11.6. The molecule has 7 heteroatoms. The number of aliphatic hydroxyl groups excluding tert-OH is 1. The van der Waals surface area contributed by atoms with Crippen LogP contribution in [-0.4, -0.2) is 59.3 Å². The summed E-state index contributed by atoms with van der Waals surface area (Å²) in [5, 5.41) is 16.1. The topological polar surface area (TPSA) is 74.7 Å². The third-order valence-electron chi connectivity index (χ3n) is 3.50. The number of carbonyl (C=O) groups is 1. The lowest BCUT2D eigenvalue weighted by molar-refractivity contribution is -0.127. The van der Waals surface area contributed by atoms with Crippen LogP contribution in [0.25, 0.3) is 0 Å². The molecule has 0 spiro atoms. The number of aliphatic hydroxyl groups is 1. The predicted molar refractivity (Wildman–Crippen MR) is 81.2 cm³/mol. The molecule has 0 bridgehead atoms. The Bertz CT molecular complexity index is 466. The summed E-state index contributed by atoms with van der Waals surface area (Å²) < 4.78 is 5.06.